The third-order valence-corrected chi connectivity index (χ3v) is 5.62. The molecule has 6 heteroatoms. The first-order valence-corrected chi connectivity index (χ1v) is 9.55. The minimum absolute atomic E-state index is 0.0673. The number of piperidine rings is 2. The molecule has 1 aromatic carbocycles. The lowest BCUT2D eigenvalue weighted by Gasteiger charge is -2.44. The van der Waals surface area contributed by atoms with Gasteiger partial charge in [0.2, 0.25) is 5.91 Å². The maximum absolute atomic E-state index is 12.7. The standard InChI is InChI=1S/C20H29N3O3/c1-16(24)22-12-15-26-18-4-2-17(3-5-18)19(25)23-13-8-20(9-14-23)6-10-21-11-7-20/h2-5,21H,6-15H2,1H3,(H,22,24). The molecule has 2 aliphatic rings. The van der Waals surface area contributed by atoms with E-state index in [0.717, 1.165) is 39.0 Å². The Labute approximate surface area is 155 Å². The van der Waals surface area contributed by atoms with E-state index >= 15 is 0 Å². The van der Waals surface area contributed by atoms with Crippen LogP contribution in [0.25, 0.3) is 0 Å². The van der Waals surface area contributed by atoms with E-state index in [1.165, 1.54) is 19.8 Å². The number of hydrogen-bond donors (Lipinski definition) is 2. The summed E-state index contributed by atoms with van der Waals surface area (Å²) in [7, 11) is 0. The normalized spacial score (nSPS) is 19.2. The number of amides is 2. The maximum Gasteiger partial charge on any atom is 0.253 e. The minimum atomic E-state index is -0.0673. The van der Waals surface area contributed by atoms with Crippen molar-refractivity contribution in [1.29, 1.82) is 0 Å². The van der Waals surface area contributed by atoms with Crippen molar-refractivity contribution >= 4 is 11.8 Å². The van der Waals surface area contributed by atoms with E-state index in [1.54, 1.807) is 0 Å². The van der Waals surface area contributed by atoms with Gasteiger partial charge in [-0.15, -0.1) is 0 Å². The topological polar surface area (TPSA) is 70.7 Å². The van der Waals surface area contributed by atoms with Crippen molar-refractivity contribution in [1.82, 2.24) is 15.5 Å². The van der Waals surface area contributed by atoms with Gasteiger partial charge in [-0.1, -0.05) is 0 Å². The fourth-order valence-electron chi connectivity index (χ4n) is 3.91. The molecule has 2 heterocycles. The summed E-state index contributed by atoms with van der Waals surface area (Å²) in [5.41, 5.74) is 1.16. The summed E-state index contributed by atoms with van der Waals surface area (Å²) < 4.78 is 5.57. The molecule has 2 aliphatic heterocycles. The van der Waals surface area contributed by atoms with Gasteiger partial charge in [0.25, 0.3) is 5.91 Å². The molecule has 3 rings (SSSR count). The van der Waals surface area contributed by atoms with Crippen LogP contribution in [-0.4, -0.2) is 56.0 Å². The van der Waals surface area contributed by atoms with E-state index in [-0.39, 0.29) is 11.8 Å². The monoisotopic (exact) mass is 359 g/mol. The molecule has 1 aromatic rings. The Morgan fingerprint density at radius 1 is 1.12 bits per heavy atom. The lowest BCUT2D eigenvalue weighted by molar-refractivity contribution is -0.119. The van der Waals surface area contributed by atoms with Crippen molar-refractivity contribution in [2.24, 2.45) is 5.41 Å². The Hall–Kier alpha value is -2.08. The van der Waals surface area contributed by atoms with Crippen LogP contribution in [0, 0.1) is 5.41 Å². The van der Waals surface area contributed by atoms with Gasteiger partial charge in [0.05, 0.1) is 6.54 Å². The number of likely N-dealkylation sites (tertiary alicyclic amines) is 1. The predicted molar refractivity (Wildman–Crippen MR) is 100 cm³/mol. The molecule has 2 fully saturated rings. The molecule has 0 bridgehead atoms. The van der Waals surface area contributed by atoms with Gasteiger partial charge < -0.3 is 20.3 Å². The molecule has 1 spiro atoms. The summed E-state index contributed by atoms with van der Waals surface area (Å²) in [6.45, 7) is 6.29. The zero-order valence-electron chi connectivity index (χ0n) is 15.6. The molecule has 2 amide bonds. The molecular weight excluding hydrogens is 330 g/mol. The van der Waals surface area contributed by atoms with Crippen LogP contribution in [0.15, 0.2) is 24.3 Å². The van der Waals surface area contributed by atoms with Crippen LogP contribution in [0.5, 0.6) is 5.75 Å². The van der Waals surface area contributed by atoms with Gasteiger partial charge in [-0.05, 0) is 68.5 Å². The molecule has 0 atom stereocenters. The summed E-state index contributed by atoms with van der Waals surface area (Å²) in [4.78, 5) is 25.5. The van der Waals surface area contributed by atoms with Gasteiger partial charge in [-0.3, -0.25) is 9.59 Å². The number of benzene rings is 1. The van der Waals surface area contributed by atoms with E-state index in [2.05, 4.69) is 10.6 Å². The molecule has 0 radical (unpaired) electrons. The summed E-state index contributed by atoms with van der Waals surface area (Å²) in [5, 5.41) is 6.12. The number of rotatable bonds is 5. The third-order valence-electron chi connectivity index (χ3n) is 5.62. The van der Waals surface area contributed by atoms with Crippen molar-refractivity contribution in [2.45, 2.75) is 32.6 Å². The van der Waals surface area contributed by atoms with E-state index in [0.29, 0.717) is 29.9 Å². The van der Waals surface area contributed by atoms with Gasteiger partial charge >= 0.3 is 0 Å². The molecule has 0 aromatic heterocycles. The molecule has 26 heavy (non-hydrogen) atoms. The molecular formula is C20H29N3O3. The Morgan fingerprint density at radius 2 is 1.77 bits per heavy atom. The van der Waals surface area contributed by atoms with Crippen LogP contribution in [-0.2, 0) is 4.79 Å². The van der Waals surface area contributed by atoms with E-state index in [9.17, 15) is 9.59 Å². The second-order valence-electron chi connectivity index (χ2n) is 7.40. The highest BCUT2D eigenvalue weighted by atomic mass is 16.5. The lowest BCUT2D eigenvalue weighted by Crippen LogP contribution is -2.47. The van der Waals surface area contributed by atoms with Crippen molar-refractivity contribution in [2.75, 3.05) is 39.3 Å². The summed E-state index contributed by atoms with van der Waals surface area (Å²) in [5.74, 6) is 0.750. The average Bonchev–Trinajstić information content (AvgIpc) is 2.66. The second-order valence-corrected chi connectivity index (χ2v) is 7.40. The first-order chi connectivity index (χ1) is 12.6. The minimum Gasteiger partial charge on any atom is -0.492 e. The van der Waals surface area contributed by atoms with Crippen molar-refractivity contribution in [3.8, 4) is 5.75 Å². The first-order valence-electron chi connectivity index (χ1n) is 9.55. The second kappa shape index (κ2) is 8.54. The number of carbonyl (C=O) groups excluding carboxylic acids is 2. The third kappa shape index (κ3) is 4.75. The lowest BCUT2D eigenvalue weighted by atomic mass is 9.71. The van der Waals surface area contributed by atoms with Gasteiger partial charge in [0.15, 0.2) is 0 Å². The first kappa shape index (κ1) is 18.7. The average molecular weight is 359 g/mol. The molecule has 2 saturated heterocycles. The van der Waals surface area contributed by atoms with Crippen LogP contribution in [0.1, 0.15) is 43.0 Å². The summed E-state index contributed by atoms with van der Waals surface area (Å²) in [6, 6.07) is 7.29. The molecule has 0 unspecified atom stereocenters. The van der Waals surface area contributed by atoms with Gasteiger partial charge in [-0.25, -0.2) is 0 Å². The predicted octanol–water partition coefficient (Wildman–Crippen LogP) is 1.81. The largest absolute Gasteiger partial charge is 0.492 e. The van der Waals surface area contributed by atoms with Crippen molar-refractivity contribution in [3.63, 3.8) is 0 Å². The van der Waals surface area contributed by atoms with Crippen LogP contribution in [0.4, 0.5) is 0 Å². The van der Waals surface area contributed by atoms with Crippen LogP contribution in [0.3, 0.4) is 0 Å². The number of ether oxygens (including phenoxy) is 1. The smallest absolute Gasteiger partial charge is 0.253 e. The number of carbonyl (C=O) groups is 2. The fourth-order valence-corrected chi connectivity index (χ4v) is 3.91. The van der Waals surface area contributed by atoms with Crippen LogP contribution in [0.2, 0.25) is 0 Å². The number of hydrogen-bond acceptors (Lipinski definition) is 4. The molecule has 0 saturated carbocycles. The zero-order chi connectivity index (χ0) is 18.4. The van der Waals surface area contributed by atoms with Gasteiger partial charge in [0, 0.05) is 25.6 Å². The maximum atomic E-state index is 12.7. The highest BCUT2D eigenvalue weighted by Crippen LogP contribution is 2.39. The van der Waals surface area contributed by atoms with E-state index in [4.69, 9.17) is 4.74 Å². The zero-order valence-corrected chi connectivity index (χ0v) is 15.6. The Balaban J connectivity index is 1.48. The van der Waals surface area contributed by atoms with Crippen LogP contribution >= 0.6 is 0 Å². The van der Waals surface area contributed by atoms with Gasteiger partial charge in [0.1, 0.15) is 12.4 Å². The van der Waals surface area contributed by atoms with E-state index in [1.807, 2.05) is 29.2 Å². The Morgan fingerprint density at radius 3 is 2.38 bits per heavy atom. The highest BCUT2D eigenvalue weighted by Gasteiger charge is 2.36. The molecule has 142 valence electrons. The highest BCUT2D eigenvalue weighted by molar-refractivity contribution is 5.94. The van der Waals surface area contributed by atoms with Crippen LogP contribution < -0.4 is 15.4 Å². The number of nitrogens with zero attached hydrogens (tertiary/aromatic N) is 1. The summed E-state index contributed by atoms with van der Waals surface area (Å²) >= 11 is 0. The fraction of sp³-hybridized carbons (Fsp3) is 0.600. The van der Waals surface area contributed by atoms with Crippen molar-refractivity contribution in [3.05, 3.63) is 29.8 Å². The van der Waals surface area contributed by atoms with Crippen molar-refractivity contribution < 1.29 is 14.3 Å². The summed E-state index contributed by atoms with van der Waals surface area (Å²) in [6.07, 6.45) is 4.70. The quantitative estimate of drug-likeness (QED) is 0.787. The van der Waals surface area contributed by atoms with Gasteiger partial charge in [-0.2, -0.15) is 0 Å². The SMILES string of the molecule is CC(=O)NCCOc1ccc(C(=O)N2CCC3(CCNCC3)CC2)cc1. The molecule has 2 N–H and O–H groups in total. The Bertz CT molecular complexity index is 614. The molecule has 6 nitrogen and oxygen atoms in total. The molecule has 0 aliphatic carbocycles. The number of nitrogens with one attached hydrogen (secondary N) is 2. The Kier molecular flexibility index (Phi) is 6.14. The van der Waals surface area contributed by atoms with E-state index < -0.39 is 0 Å².